The number of aromatic nitrogens is 2. The lowest BCUT2D eigenvalue weighted by atomic mass is 10.5. The standard InChI is InChI=1S/C7H10N2O2S/c1-4(2)11-5-3-8-7(12)9-6(5)10/h3-4H,1-2H3,(H2,8,9,10,12). The molecule has 0 spiro atoms. The Morgan fingerprint density at radius 3 is 2.75 bits per heavy atom. The molecule has 0 atom stereocenters. The largest absolute Gasteiger partial charge is 0.484 e. The number of hydrogen-bond acceptors (Lipinski definition) is 3. The minimum Gasteiger partial charge on any atom is -0.484 e. The van der Waals surface area contributed by atoms with Crippen molar-refractivity contribution in [1.82, 2.24) is 9.97 Å². The van der Waals surface area contributed by atoms with Crippen LogP contribution in [0, 0.1) is 4.77 Å². The second-order valence-electron chi connectivity index (χ2n) is 2.60. The predicted octanol–water partition coefficient (Wildman–Crippen LogP) is 1.22. The molecule has 0 aliphatic heterocycles. The Labute approximate surface area is 74.6 Å². The second kappa shape index (κ2) is 3.53. The molecule has 0 saturated carbocycles. The summed E-state index contributed by atoms with van der Waals surface area (Å²) in [7, 11) is 0. The van der Waals surface area contributed by atoms with Gasteiger partial charge in [0.05, 0.1) is 12.3 Å². The van der Waals surface area contributed by atoms with Crippen molar-refractivity contribution in [3.8, 4) is 5.75 Å². The Bertz CT molecular complexity index is 366. The van der Waals surface area contributed by atoms with E-state index in [0.717, 1.165) is 0 Å². The third-order valence-electron chi connectivity index (χ3n) is 1.15. The van der Waals surface area contributed by atoms with Gasteiger partial charge in [0.15, 0.2) is 4.77 Å². The zero-order valence-corrected chi connectivity index (χ0v) is 7.70. The number of hydrogen-bond donors (Lipinski definition) is 2. The molecule has 0 fully saturated rings. The minimum atomic E-state index is -0.299. The van der Waals surface area contributed by atoms with E-state index in [1.54, 1.807) is 0 Å². The Balaban J connectivity index is 3.02. The van der Waals surface area contributed by atoms with Gasteiger partial charge in [-0.3, -0.25) is 9.78 Å². The van der Waals surface area contributed by atoms with E-state index in [2.05, 4.69) is 9.97 Å². The summed E-state index contributed by atoms with van der Waals surface area (Å²) in [6, 6.07) is 0. The topological polar surface area (TPSA) is 57.9 Å². The first-order chi connectivity index (χ1) is 5.59. The van der Waals surface area contributed by atoms with E-state index in [1.165, 1.54) is 6.20 Å². The number of nitrogens with one attached hydrogen (secondary N) is 2. The molecule has 12 heavy (non-hydrogen) atoms. The fourth-order valence-corrected chi connectivity index (χ4v) is 0.891. The maximum Gasteiger partial charge on any atom is 0.294 e. The number of ether oxygens (including phenoxy) is 1. The van der Waals surface area contributed by atoms with Gasteiger partial charge in [-0.15, -0.1) is 0 Å². The summed E-state index contributed by atoms with van der Waals surface area (Å²) in [5.41, 5.74) is -0.299. The van der Waals surface area contributed by atoms with Crippen molar-refractivity contribution >= 4 is 12.2 Å². The zero-order chi connectivity index (χ0) is 9.14. The van der Waals surface area contributed by atoms with Crippen LogP contribution in [-0.4, -0.2) is 16.1 Å². The number of H-pyrrole nitrogens is 2. The Morgan fingerprint density at radius 2 is 2.25 bits per heavy atom. The van der Waals surface area contributed by atoms with E-state index < -0.39 is 0 Å². The van der Waals surface area contributed by atoms with Crippen LogP contribution in [0.25, 0.3) is 0 Å². The molecule has 4 nitrogen and oxygen atoms in total. The van der Waals surface area contributed by atoms with Gasteiger partial charge in [-0.25, -0.2) is 0 Å². The summed E-state index contributed by atoms with van der Waals surface area (Å²) in [5.74, 6) is 0.263. The lowest BCUT2D eigenvalue weighted by Crippen LogP contribution is -2.16. The minimum absolute atomic E-state index is 0.0181. The van der Waals surface area contributed by atoms with Crippen molar-refractivity contribution in [3.05, 3.63) is 21.3 Å². The van der Waals surface area contributed by atoms with Gasteiger partial charge in [0, 0.05) is 0 Å². The van der Waals surface area contributed by atoms with E-state index in [-0.39, 0.29) is 17.4 Å². The average Bonchev–Trinajstić information content (AvgIpc) is 1.94. The predicted molar refractivity (Wildman–Crippen MR) is 48.0 cm³/mol. The highest BCUT2D eigenvalue weighted by molar-refractivity contribution is 7.71. The molecule has 0 aliphatic rings. The van der Waals surface area contributed by atoms with Crippen LogP contribution in [0.3, 0.4) is 0 Å². The van der Waals surface area contributed by atoms with Crippen LogP contribution >= 0.6 is 12.2 Å². The summed E-state index contributed by atoms with van der Waals surface area (Å²) in [5, 5.41) is 0. The van der Waals surface area contributed by atoms with Crippen LogP contribution < -0.4 is 10.3 Å². The zero-order valence-electron chi connectivity index (χ0n) is 6.88. The molecule has 0 aliphatic carbocycles. The maximum atomic E-state index is 11.1. The number of aromatic amines is 2. The molecule has 0 aromatic carbocycles. The van der Waals surface area contributed by atoms with Gasteiger partial charge in [-0.05, 0) is 26.1 Å². The molecule has 0 amide bonds. The van der Waals surface area contributed by atoms with E-state index in [0.29, 0.717) is 4.77 Å². The monoisotopic (exact) mass is 186 g/mol. The normalized spacial score (nSPS) is 10.2. The molecule has 1 heterocycles. The first-order valence-corrected chi connectivity index (χ1v) is 3.99. The summed E-state index contributed by atoms with van der Waals surface area (Å²) >= 11 is 4.71. The van der Waals surface area contributed by atoms with Gasteiger partial charge in [-0.1, -0.05) is 0 Å². The fraction of sp³-hybridized carbons (Fsp3) is 0.429. The van der Waals surface area contributed by atoms with Crippen molar-refractivity contribution in [2.45, 2.75) is 20.0 Å². The Morgan fingerprint density at radius 1 is 1.58 bits per heavy atom. The van der Waals surface area contributed by atoms with Gasteiger partial charge in [0.1, 0.15) is 0 Å². The average molecular weight is 186 g/mol. The van der Waals surface area contributed by atoms with Crippen LogP contribution in [0.5, 0.6) is 5.75 Å². The highest BCUT2D eigenvalue weighted by atomic mass is 32.1. The third kappa shape index (κ3) is 2.20. The molecule has 2 N–H and O–H groups in total. The molecule has 0 saturated heterocycles. The highest BCUT2D eigenvalue weighted by Crippen LogP contribution is 2.00. The van der Waals surface area contributed by atoms with Crippen LogP contribution in [0.1, 0.15) is 13.8 Å². The van der Waals surface area contributed by atoms with E-state index in [1.807, 2.05) is 13.8 Å². The lowest BCUT2D eigenvalue weighted by Gasteiger charge is -2.06. The summed E-state index contributed by atoms with van der Waals surface area (Å²) < 4.78 is 5.48. The third-order valence-corrected chi connectivity index (χ3v) is 1.37. The fourth-order valence-electron chi connectivity index (χ4n) is 0.739. The first-order valence-electron chi connectivity index (χ1n) is 3.58. The Kier molecular flexibility index (Phi) is 2.65. The van der Waals surface area contributed by atoms with Crippen LogP contribution in [0.2, 0.25) is 0 Å². The van der Waals surface area contributed by atoms with Gasteiger partial charge in [0.25, 0.3) is 5.56 Å². The SMILES string of the molecule is CC(C)Oc1c[nH]c(=S)[nH]c1=O. The molecule has 5 heteroatoms. The van der Waals surface area contributed by atoms with Gasteiger partial charge < -0.3 is 9.72 Å². The van der Waals surface area contributed by atoms with E-state index in [9.17, 15) is 4.79 Å². The van der Waals surface area contributed by atoms with Crippen LogP contribution in [-0.2, 0) is 0 Å². The van der Waals surface area contributed by atoms with E-state index >= 15 is 0 Å². The van der Waals surface area contributed by atoms with Gasteiger partial charge in [0.2, 0.25) is 5.75 Å². The quantitative estimate of drug-likeness (QED) is 0.683. The van der Waals surface area contributed by atoms with Crippen molar-refractivity contribution < 1.29 is 4.74 Å². The molecular weight excluding hydrogens is 176 g/mol. The molecule has 0 bridgehead atoms. The molecule has 0 unspecified atom stereocenters. The van der Waals surface area contributed by atoms with Crippen LogP contribution in [0.15, 0.2) is 11.0 Å². The lowest BCUT2D eigenvalue weighted by molar-refractivity contribution is 0.237. The number of rotatable bonds is 2. The van der Waals surface area contributed by atoms with Gasteiger partial charge >= 0.3 is 0 Å². The summed E-state index contributed by atoms with van der Waals surface area (Å²) in [6.45, 7) is 3.70. The molecular formula is C7H10N2O2S. The first kappa shape index (κ1) is 8.99. The molecule has 1 aromatic rings. The van der Waals surface area contributed by atoms with Crippen molar-refractivity contribution in [2.24, 2.45) is 0 Å². The highest BCUT2D eigenvalue weighted by Gasteiger charge is 2.01. The Hall–Kier alpha value is -1.10. The smallest absolute Gasteiger partial charge is 0.294 e. The molecule has 1 aromatic heterocycles. The van der Waals surface area contributed by atoms with E-state index in [4.69, 9.17) is 17.0 Å². The molecule has 1 rings (SSSR count). The maximum absolute atomic E-state index is 11.1. The molecule has 66 valence electrons. The summed E-state index contributed by atoms with van der Waals surface area (Å²) in [4.78, 5) is 16.2. The van der Waals surface area contributed by atoms with Crippen molar-refractivity contribution in [1.29, 1.82) is 0 Å². The van der Waals surface area contributed by atoms with Gasteiger partial charge in [-0.2, -0.15) is 0 Å². The van der Waals surface area contributed by atoms with Crippen molar-refractivity contribution in [3.63, 3.8) is 0 Å². The molecule has 0 radical (unpaired) electrons. The second-order valence-corrected chi connectivity index (χ2v) is 3.01. The summed E-state index contributed by atoms with van der Waals surface area (Å²) in [6.07, 6.45) is 1.44. The van der Waals surface area contributed by atoms with Crippen molar-refractivity contribution in [2.75, 3.05) is 0 Å². The van der Waals surface area contributed by atoms with Crippen LogP contribution in [0.4, 0.5) is 0 Å².